The standard InChI is InChI=1S/C38H42FN3O5/c1-7-42(8-2)30-20-31-27(32(36(44)40-5)34(47-31)21-12-14-25(39)15-13-21)19-26(30)22-10-9-11-23(16-22)35(43)41-33-28(37(45)46-6)17-24-18-29(33)38(24,3)4/h9-16,19-20,24,28-29,33H,7-8,17-18H2,1-6H3,(H,40,44)(H,41,43)/t24-,28-,29-,33-/m0/s1. The van der Waals surface area contributed by atoms with Gasteiger partial charge in [-0.2, -0.15) is 0 Å². The highest BCUT2D eigenvalue weighted by molar-refractivity contribution is 6.13. The first-order valence-corrected chi connectivity index (χ1v) is 16.3. The molecule has 47 heavy (non-hydrogen) atoms. The van der Waals surface area contributed by atoms with E-state index in [4.69, 9.17) is 9.15 Å². The fourth-order valence-electron chi connectivity index (χ4n) is 7.80. The third-order valence-electron chi connectivity index (χ3n) is 10.7. The van der Waals surface area contributed by atoms with E-state index in [1.807, 2.05) is 30.3 Å². The molecular formula is C38H42FN3O5. The number of hydrogen-bond acceptors (Lipinski definition) is 6. The molecule has 0 saturated heterocycles. The van der Waals surface area contributed by atoms with Crippen molar-refractivity contribution >= 4 is 34.4 Å². The van der Waals surface area contributed by atoms with Crippen LogP contribution < -0.4 is 15.5 Å². The lowest BCUT2D eigenvalue weighted by molar-refractivity contribution is -0.164. The highest BCUT2D eigenvalue weighted by Crippen LogP contribution is 2.60. The van der Waals surface area contributed by atoms with E-state index >= 15 is 0 Å². The Kier molecular flexibility index (Phi) is 8.59. The van der Waals surface area contributed by atoms with Gasteiger partial charge in [0.25, 0.3) is 11.8 Å². The van der Waals surface area contributed by atoms with E-state index < -0.39 is 0 Å². The van der Waals surface area contributed by atoms with Crippen molar-refractivity contribution in [2.24, 2.45) is 23.2 Å². The van der Waals surface area contributed by atoms with Crippen LogP contribution in [0.25, 0.3) is 33.4 Å². The van der Waals surface area contributed by atoms with Crippen LogP contribution in [0.3, 0.4) is 0 Å². The van der Waals surface area contributed by atoms with E-state index in [1.54, 1.807) is 25.2 Å². The van der Waals surface area contributed by atoms with Gasteiger partial charge in [0, 0.05) is 60.0 Å². The van der Waals surface area contributed by atoms with Crippen LogP contribution in [-0.2, 0) is 9.53 Å². The average molecular weight is 640 g/mol. The van der Waals surface area contributed by atoms with Crippen LogP contribution in [0, 0.1) is 29.0 Å². The maximum atomic E-state index is 13.9. The molecule has 4 atom stereocenters. The third-order valence-corrected chi connectivity index (χ3v) is 10.7. The first-order valence-electron chi connectivity index (χ1n) is 16.3. The number of nitrogens with one attached hydrogen (secondary N) is 2. The summed E-state index contributed by atoms with van der Waals surface area (Å²) in [5.41, 5.74) is 4.49. The fraction of sp³-hybridized carbons (Fsp3) is 0.395. The van der Waals surface area contributed by atoms with Crippen LogP contribution in [0.4, 0.5) is 10.1 Å². The number of hydrogen-bond donors (Lipinski definition) is 2. The largest absolute Gasteiger partial charge is 0.469 e. The smallest absolute Gasteiger partial charge is 0.310 e. The fourth-order valence-corrected chi connectivity index (χ4v) is 7.80. The number of halogens is 1. The topological polar surface area (TPSA) is 101 Å². The number of furan rings is 1. The summed E-state index contributed by atoms with van der Waals surface area (Å²) in [6.07, 6.45) is 1.68. The molecule has 8 nitrogen and oxygen atoms in total. The van der Waals surface area contributed by atoms with Gasteiger partial charge < -0.3 is 24.7 Å². The maximum absolute atomic E-state index is 13.9. The van der Waals surface area contributed by atoms with E-state index in [2.05, 4.69) is 43.2 Å². The molecule has 3 fully saturated rings. The van der Waals surface area contributed by atoms with E-state index in [0.29, 0.717) is 45.8 Å². The lowest BCUT2D eigenvalue weighted by Gasteiger charge is -2.61. The van der Waals surface area contributed by atoms with E-state index in [-0.39, 0.29) is 46.9 Å². The number of benzene rings is 3. The Bertz CT molecular complexity index is 1840. The summed E-state index contributed by atoms with van der Waals surface area (Å²) < 4.78 is 25.2. The van der Waals surface area contributed by atoms with Gasteiger partial charge in [0.1, 0.15) is 17.2 Å². The quantitative estimate of drug-likeness (QED) is 0.190. The summed E-state index contributed by atoms with van der Waals surface area (Å²) >= 11 is 0. The van der Waals surface area contributed by atoms with Crippen molar-refractivity contribution in [3.8, 4) is 22.5 Å². The average Bonchev–Trinajstić information content (AvgIpc) is 3.46. The molecule has 3 aliphatic rings. The molecule has 2 N–H and O–H groups in total. The Labute approximate surface area is 274 Å². The summed E-state index contributed by atoms with van der Waals surface area (Å²) in [5, 5.41) is 6.55. The predicted molar refractivity (Wildman–Crippen MR) is 181 cm³/mol. The van der Waals surface area contributed by atoms with Gasteiger partial charge >= 0.3 is 5.97 Å². The zero-order valence-electron chi connectivity index (χ0n) is 27.8. The van der Waals surface area contributed by atoms with Gasteiger partial charge in [0.2, 0.25) is 0 Å². The van der Waals surface area contributed by atoms with Gasteiger partial charge in [-0.25, -0.2) is 4.39 Å². The first kappa shape index (κ1) is 32.3. The van der Waals surface area contributed by atoms with Gasteiger partial charge in [-0.15, -0.1) is 0 Å². The molecule has 3 saturated carbocycles. The number of rotatable bonds is 9. The number of methoxy groups -OCH3 is 1. The number of anilines is 1. The van der Waals surface area contributed by atoms with E-state index in [9.17, 15) is 18.8 Å². The Hall–Kier alpha value is -4.66. The molecule has 0 unspecified atom stereocenters. The Morgan fingerprint density at radius 3 is 2.34 bits per heavy atom. The monoisotopic (exact) mass is 639 g/mol. The zero-order chi connectivity index (χ0) is 33.6. The minimum Gasteiger partial charge on any atom is -0.469 e. The predicted octanol–water partition coefficient (Wildman–Crippen LogP) is 7.07. The Morgan fingerprint density at radius 2 is 1.70 bits per heavy atom. The molecule has 246 valence electrons. The van der Waals surface area contributed by atoms with Crippen LogP contribution in [0.1, 0.15) is 61.3 Å². The molecule has 1 aromatic heterocycles. The number of nitrogens with zero attached hydrogens (tertiary/aromatic N) is 1. The van der Waals surface area contributed by atoms with Gasteiger partial charge in [-0.05, 0) is 92.0 Å². The summed E-state index contributed by atoms with van der Waals surface area (Å²) in [7, 11) is 2.96. The first-order chi connectivity index (χ1) is 22.5. The number of fused-ring (bicyclic) bond motifs is 3. The van der Waals surface area contributed by atoms with Crippen molar-refractivity contribution < 1.29 is 27.9 Å². The van der Waals surface area contributed by atoms with E-state index in [1.165, 1.54) is 19.2 Å². The molecule has 3 aliphatic carbocycles. The van der Waals surface area contributed by atoms with Gasteiger partial charge in [-0.3, -0.25) is 14.4 Å². The molecular weight excluding hydrogens is 597 g/mol. The molecule has 3 aromatic carbocycles. The second kappa shape index (κ2) is 12.5. The number of carbonyl (C=O) groups excluding carboxylic acids is 3. The number of amides is 2. The van der Waals surface area contributed by atoms with Gasteiger partial charge in [0.05, 0.1) is 18.6 Å². The van der Waals surface area contributed by atoms with Crippen LogP contribution in [0.5, 0.6) is 0 Å². The molecule has 0 aliphatic heterocycles. The summed E-state index contributed by atoms with van der Waals surface area (Å²) in [6.45, 7) is 10.0. The lowest BCUT2D eigenvalue weighted by atomic mass is 9.45. The van der Waals surface area contributed by atoms with Crippen molar-refractivity contribution in [2.45, 2.75) is 46.6 Å². The second-order valence-electron chi connectivity index (χ2n) is 13.2. The highest BCUT2D eigenvalue weighted by atomic mass is 19.1. The van der Waals surface area contributed by atoms with E-state index in [0.717, 1.165) is 36.3 Å². The SMILES string of the molecule is CCN(CC)c1cc2oc(-c3ccc(F)cc3)c(C(=O)NC)c2cc1-c1cccc(C(=O)N[C@H]2[C@@H](C(=O)OC)C[C@H]3C[C@@H]2C3(C)C)c1. The van der Waals surface area contributed by atoms with Crippen LogP contribution in [-0.4, -0.2) is 51.1 Å². The minimum atomic E-state index is -0.383. The summed E-state index contributed by atoms with van der Waals surface area (Å²) in [6, 6.07) is 16.8. The minimum absolute atomic E-state index is 0.0399. The zero-order valence-corrected chi connectivity index (χ0v) is 27.8. The van der Waals surface area contributed by atoms with Crippen LogP contribution >= 0.6 is 0 Å². The molecule has 9 heteroatoms. The number of carbonyl (C=O) groups is 3. The molecule has 4 aromatic rings. The van der Waals surface area contributed by atoms with Crippen molar-refractivity contribution in [2.75, 3.05) is 32.1 Å². The van der Waals surface area contributed by atoms with Gasteiger partial charge in [0.15, 0.2) is 0 Å². The molecule has 7 rings (SSSR count). The third kappa shape index (κ3) is 5.55. The van der Waals surface area contributed by atoms with Crippen molar-refractivity contribution in [1.82, 2.24) is 10.6 Å². The maximum Gasteiger partial charge on any atom is 0.310 e. The van der Waals surface area contributed by atoms with Crippen molar-refractivity contribution in [1.29, 1.82) is 0 Å². The second-order valence-corrected chi connectivity index (χ2v) is 13.2. The molecule has 2 amide bonds. The lowest BCUT2D eigenvalue weighted by Crippen LogP contribution is -2.64. The normalized spacial score (nSPS) is 21.1. The van der Waals surface area contributed by atoms with Crippen molar-refractivity contribution in [3.63, 3.8) is 0 Å². The number of esters is 1. The number of ether oxygens (including phenoxy) is 1. The Balaban J connectivity index is 1.43. The Morgan fingerprint density at radius 1 is 0.979 bits per heavy atom. The van der Waals surface area contributed by atoms with Crippen molar-refractivity contribution in [3.05, 3.63) is 77.6 Å². The molecule has 0 radical (unpaired) electrons. The van der Waals surface area contributed by atoms with Crippen LogP contribution in [0.2, 0.25) is 0 Å². The van der Waals surface area contributed by atoms with Crippen LogP contribution in [0.15, 0.2) is 65.1 Å². The molecule has 0 spiro atoms. The highest BCUT2D eigenvalue weighted by Gasteiger charge is 2.60. The molecule has 2 bridgehead atoms. The summed E-state index contributed by atoms with van der Waals surface area (Å²) in [5.74, 6) is -0.632. The molecule has 1 heterocycles. The summed E-state index contributed by atoms with van der Waals surface area (Å²) in [4.78, 5) is 42.1. The van der Waals surface area contributed by atoms with Gasteiger partial charge in [-0.1, -0.05) is 26.0 Å².